The minimum atomic E-state index is 0.747. The van der Waals surface area contributed by atoms with Crippen LogP contribution in [0.2, 0.25) is 0 Å². The Morgan fingerprint density at radius 2 is 1.67 bits per heavy atom. The van der Waals surface area contributed by atoms with Crippen LogP contribution in [-0.4, -0.2) is 51.9 Å². The fourth-order valence-electron chi connectivity index (χ4n) is 4.08. The topological polar surface area (TPSA) is 43.0 Å². The van der Waals surface area contributed by atoms with Crippen LogP contribution >= 0.6 is 0 Å². The summed E-state index contributed by atoms with van der Waals surface area (Å²) in [4.78, 5) is 2.51. The fourth-order valence-corrected chi connectivity index (χ4v) is 4.08. The molecule has 0 radical (unpaired) electrons. The lowest BCUT2D eigenvalue weighted by Crippen LogP contribution is -2.40. The maximum absolute atomic E-state index is 5.58. The zero-order valence-electron chi connectivity index (χ0n) is 15.1. The summed E-state index contributed by atoms with van der Waals surface area (Å²) in [5.41, 5.74) is 1.11. The zero-order valence-corrected chi connectivity index (χ0v) is 15.1. The summed E-state index contributed by atoms with van der Waals surface area (Å²) in [5.74, 6) is 3.28. The Hall–Kier alpha value is -1.46. The van der Waals surface area contributed by atoms with Gasteiger partial charge in [-0.2, -0.15) is 0 Å². The van der Waals surface area contributed by atoms with Gasteiger partial charge in [0.25, 0.3) is 0 Å². The first kappa shape index (κ1) is 17.4. The molecule has 1 atom stereocenters. The van der Waals surface area contributed by atoms with Gasteiger partial charge in [0.15, 0.2) is 0 Å². The molecule has 1 N–H and O–H groups in total. The van der Waals surface area contributed by atoms with E-state index in [1.54, 1.807) is 21.3 Å². The van der Waals surface area contributed by atoms with Crippen LogP contribution in [0.1, 0.15) is 31.2 Å². The van der Waals surface area contributed by atoms with Gasteiger partial charge in [0.05, 0.1) is 26.9 Å². The van der Waals surface area contributed by atoms with Crippen LogP contribution in [0, 0.1) is 5.92 Å². The SMILES string of the molecule is COc1cc(OC)c(CN2CCC(C3CCCN3)CC2)c(OC)c1. The van der Waals surface area contributed by atoms with Gasteiger partial charge < -0.3 is 19.5 Å². The van der Waals surface area contributed by atoms with E-state index in [9.17, 15) is 0 Å². The van der Waals surface area contributed by atoms with E-state index in [0.29, 0.717) is 0 Å². The van der Waals surface area contributed by atoms with Gasteiger partial charge in [-0.15, -0.1) is 0 Å². The van der Waals surface area contributed by atoms with E-state index in [4.69, 9.17) is 14.2 Å². The van der Waals surface area contributed by atoms with E-state index >= 15 is 0 Å². The largest absolute Gasteiger partial charge is 0.496 e. The number of rotatable bonds is 6. The summed E-state index contributed by atoms with van der Waals surface area (Å²) < 4.78 is 16.5. The molecule has 2 heterocycles. The molecular weight excluding hydrogens is 304 g/mol. The highest BCUT2D eigenvalue weighted by molar-refractivity contribution is 5.50. The smallest absolute Gasteiger partial charge is 0.130 e. The lowest BCUT2D eigenvalue weighted by atomic mass is 9.88. The van der Waals surface area contributed by atoms with Crippen LogP contribution in [0.3, 0.4) is 0 Å². The maximum atomic E-state index is 5.58. The molecule has 5 heteroatoms. The number of piperidine rings is 1. The fraction of sp³-hybridized carbons (Fsp3) is 0.684. The number of benzene rings is 1. The molecule has 0 spiro atoms. The molecule has 2 aliphatic heterocycles. The number of methoxy groups -OCH3 is 3. The van der Waals surface area contributed by atoms with E-state index in [1.165, 1.54) is 32.2 Å². The Kier molecular flexibility index (Phi) is 5.85. The lowest BCUT2D eigenvalue weighted by molar-refractivity contribution is 0.155. The van der Waals surface area contributed by atoms with Crippen molar-refractivity contribution in [1.29, 1.82) is 0 Å². The van der Waals surface area contributed by atoms with Crippen molar-refractivity contribution in [1.82, 2.24) is 10.2 Å². The number of nitrogens with zero attached hydrogens (tertiary/aromatic N) is 1. The molecule has 1 aromatic carbocycles. The second kappa shape index (κ2) is 8.08. The van der Waals surface area contributed by atoms with Crippen LogP contribution in [0.15, 0.2) is 12.1 Å². The molecule has 0 amide bonds. The highest BCUT2D eigenvalue weighted by Gasteiger charge is 2.29. The molecule has 2 saturated heterocycles. The highest BCUT2D eigenvalue weighted by Crippen LogP contribution is 2.36. The summed E-state index contributed by atoms with van der Waals surface area (Å²) in [6, 6.07) is 4.62. The van der Waals surface area contributed by atoms with Crippen molar-refractivity contribution >= 4 is 0 Å². The predicted octanol–water partition coefficient (Wildman–Crippen LogP) is 2.68. The zero-order chi connectivity index (χ0) is 16.9. The second-order valence-electron chi connectivity index (χ2n) is 6.83. The van der Waals surface area contributed by atoms with Crippen molar-refractivity contribution in [3.8, 4) is 17.2 Å². The summed E-state index contributed by atoms with van der Waals surface area (Å²) in [5, 5.41) is 3.67. The van der Waals surface area contributed by atoms with E-state index in [-0.39, 0.29) is 0 Å². The normalized spacial score (nSPS) is 22.5. The molecule has 134 valence electrons. The standard InChI is InChI=1S/C19H30N2O3/c1-22-15-11-18(23-2)16(19(12-15)24-3)13-21-9-6-14(7-10-21)17-5-4-8-20-17/h11-12,14,17,20H,4-10,13H2,1-3H3. The van der Waals surface area contributed by atoms with Gasteiger partial charge in [0.1, 0.15) is 17.2 Å². The molecule has 24 heavy (non-hydrogen) atoms. The number of ether oxygens (including phenoxy) is 3. The van der Waals surface area contributed by atoms with Gasteiger partial charge >= 0.3 is 0 Å². The van der Waals surface area contributed by atoms with E-state index < -0.39 is 0 Å². The molecular formula is C19H30N2O3. The number of hydrogen-bond donors (Lipinski definition) is 1. The Bertz CT molecular complexity index is 510. The number of likely N-dealkylation sites (tertiary alicyclic amines) is 1. The van der Waals surface area contributed by atoms with Gasteiger partial charge in [0, 0.05) is 24.7 Å². The van der Waals surface area contributed by atoms with Gasteiger partial charge in [-0.3, -0.25) is 4.90 Å². The van der Waals surface area contributed by atoms with E-state index in [2.05, 4.69) is 10.2 Å². The Labute approximate surface area is 145 Å². The highest BCUT2D eigenvalue weighted by atomic mass is 16.5. The average Bonchev–Trinajstić information content (AvgIpc) is 3.17. The number of nitrogens with one attached hydrogen (secondary N) is 1. The molecule has 0 aliphatic carbocycles. The minimum absolute atomic E-state index is 0.747. The first-order valence-electron chi connectivity index (χ1n) is 8.99. The molecule has 1 aromatic rings. The van der Waals surface area contributed by atoms with Crippen molar-refractivity contribution in [2.24, 2.45) is 5.92 Å². The van der Waals surface area contributed by atoms with Crippen LogP contribution in [0.25, 0.3) is 0 Å². The predicted molar refractivity (Wildman–Crippen MR) is 95.1 cm³/mol. The first-order chi connectivity index (χ1) is 11.7. The van der Waals surface area contributed by atoms with Crippen LogP contribution in [0.4, 0.5) is 0 Å². The Morgan fingerprint density at radius 3 is 2.17 bits per heavy atom. The lowest BCUT2D eigenvalue weighted by Gasteiger charge is -2.35. The minimum Gasteiger partial charge on any atom is -0.496 e. The van der Waals surface area contributed by atoms with E-state index in [0.717, 1.165) is 54.4 Å². The molecule has 0 saturated carbocycles. The molecule has 0 aromatic heterocycles. The summed E-state index contributed by atoms with van der Waals surface area (Å²) >= 11 is 0. The Morgan fingerprint density at radius 1 is 1.00 bits per heavy atom. The third-order valence-electron chi connectivity index (χ3n) is 5.50. The maximum Gasteiger partial charge on any atom is 0.130 e. The van der Waals surface area contributed by atoms with Crippen molar-refractivity contribution in [3.63, 3.8) is 0 Å². The van der Waals surface area contributed by atoms with E-state index in [1.807, 2.05) is 12.1 Å². The third kappa shape index (κ3) is 3.78. The van der Waals surface area contributed by atoms with Crippen molar-refractivity contribution in [2.45, 2.75) is 38.3 Å². The van der Waals surface area contributed by atoms with Crippen LogP contribution in [-0.2, 0) is 6.54 Å². The molecule has 0 bridgehead atoms. The van der Waals surface area contributed by atoms with Crippen LogP contribution in [0.5, 0.6) is 17.2 Å². The summed E-state index contributed by atoms with van der Waals surface area (Å²) in [7, 11) is 5.07. The number of hydrogen-bond acceptors (Lipinski definition) is 5. The molecule has 2 aliphatic rings. The van der Waals surface area contributed by atoms with Gasteiger partial charge in [-0.05, 0) is 51.2 Å². The molecule has 2 fully saturated rings. The summed E-state index contributed by atoms with van der Waals surface area (Å²) in [6.07, 6.45) is 5.24. The van der Waals surface area contributed by atoms with Gasteiger partial charge in [0.2, 0.25) is 0 Å². The second-order valence-corrected chi connectivity index (χ2v) is 6.83. The molecule has 3 rings (SSSR count). The average molecular weight is 334 g/mol. The quantitative estimate of drug-likeness (QED) is 0.866. The first-order valence-corrected chi connectivity index (χ1v) is 8.99. The van der Waals surface area contributed by atoms with Crippen molar-refractivity contribution in [2.75, 3.05) is 41.0 Å². The monoisotopic (exact) mass is 334 g/mol. The molecule has 1 unspecified atom stereocenters. The Balaban J connectivity index is 1.65. The van der Waals surface area contributed by atoms with Crippen LogP contribution < -0.4 is 19.5 Å². The van der Waals surface area contributed by atoms with Crippen molar-refractivity contribution in [3.05, 3.63) is 17.7 Å². The van der Waals surface area contributed by atoms with Crippen molar-refractivity contribution < 1.29 is 14.2 Å². The van der Waals surface area contributed by atoms with Gasteiger partial charge in [-0.1, -0.05) is 0 Å². The molecule has 5 nitrogen and oxygen atoms in total. The van der Waals surface area contributed by atoms with Gasteiger partial charge in [-0.25, -0.2) is 0 Å². The summed E-state index contributed by atoms with van der Waals surface area (Å²) in [6.45, 7) is 4.34. The third-order valence-corrected chi connectivity index (χ3v) is 5.50.